The van der Waals surface area contributed by atoms with E-state index >= 15 is 0 Å². The first-order valence-corrected chi connectivity index (χ1v) is 5.25. The average molecular weight is 213 g/mol. The molecule has 1 unspecified atom stereocenters. The second-order valence-corrected chi connectivity index (χ2v) is 3.95. The molecule has 0 saturated carbocycles. The molecule has 15 heavy (non-hydrogen) atoms. The maximum atomic E-state index is 13.5. The first kappa shape index (κ1) is 12.1. The second-order valence-electron chi connectivity index (χ2n) is 3.95. The lowest BCUT2D eigenvalue weighted by molar-refractivity contribution is 0.445. The Labute approximate surface area is 89.5 Å². The molecule has 84 valence electrons. The first-order valence-electron chi connectivity index (χ1n) is 5.25. The molecule has 0 radical (unpaired) electrons. The molecular weight excluding hydrogens is 196 g/mol. The van der Waals surface area contributed by atoms with Crippen LogP contribution in [0.15, 0.2) is 18.2 Å². The molecule has 0 aliphatic carbocycles. The van der Waals surface area contributed by atoms with Crippen LogP contribution in [-0.2, 0) is 0 Å². The van der Waals surface area contributed by atoms with Crippen LogP contribution in [0.1, 0.15) is 38.8 Å². The number of benzene rings is 1. The van der Waals surface area contributed by atoms with Crippen LogP contribution >= 0.6 is 0 Å². The Morgan fingerprint density at radius 1 is 1.27 bits per heavy atom. The van der Waals surface area contributed by atoms with Crippen LogP contribution in [0, 0.1) is 11.6 Å². The fourth-order valence-electron chi connectivity index (χ4n) is 1.61. The van der Waals surface area contributed by atoms with Crippen LogP contribution in [0.2, 0.25) is 0 Å². The van der Waals surface area contributed by atoms with Crippen LogP contribution in [0.3, 0.4) is 0 Å². The molecule has 0 saturated heterocycles. The van der Waals surface area contributed by atoms with Crippen molar-refractivity contribution in [3.8, 4) is 0 Å². The highest BCUT2D eigenvalue weighted by Gasteiger charge is 2.14. The van der Waals surface area contributed by atoms with Gasteiger partial charge in [-0.25, -0.2) is 8.78 Å². The van der Waals surface area contributed by atoms with Gasteiger partial charge in [0.15, 0.2) is 0 Å². The molecule has 0 bridgehead atoms. The molecule has 1 aromatic carbocycles. The molecule has 0 spiro atoms. The molecule has 1 rings (SSSR count). The molecule has 0 amide bonds. The number of rotatable bonds is 4. The minimum absolute atomic E-state index is 0.0504. The molecule has 0 aliphatic rings. The maximum Gasteiger partial charge on any atom is 0.130 e. The molecule has 1 atom stereocenters. The summed E-state index contributed by atoms with van der Waals surface area (Å²) in [6.07, 6.45) is 0.779. The van der Waals surface area contributed by atoms with E-state index in [9.17, 15) is 8.78 Å². The van der Waals surface area contributed by atoms with Gasteiger partial charge in [0.05, 0.1) is 0 Å². The summed E-state index contributed by atoms with van der Waals surface area (Å²) in [5.41, 5.74) is 0.535. The Morgan fingerprint density at radius 2 is 1.93 bits per heavy atom. The zero-order valence-corrected chi connectivity index (χ0v) is 9.35. The largest absolute Gasteiger partial charge is 0.308 e. The van der Waals surface area contributed by atoms with Crippen molar-refractivity contribution in [3.05, 3.63) is 35.4 Å². The molecular formula is C12H17F2N. The Hall–Kier alpha value is -0.960. The van der Waals surface area contributed by atoms with Crippen LogP contribution < -0.4 is 5.32 Å². The molecule has 1 N–H and O–H groups in total. The third-order valence-electron chi connectivity index (χ3n) is 2.28. The topological polar surface area (TPSA) is 12.0 Å². The van der Waals surface area contributed by atoms with E-state index in [0.717, 1.165) is 12.5 Å². The van der Waals surface area contributed by atoms with E-state index in [1.807, 2.05) is 20.8 Å². The van der Waals surface area contributed by atoms with Gasteiger partial charge in [-0.15, -0.1) is 0 Å². The second kappa shape index (κ2) is 5.21. The first-order chi connectivity index (χ1) is 7.04. The molecule has 0 aliphatic heterocycles. The van der Waals surface area contributed by atoms with E-state index in [0.29, 0.717) is 5.56 Å². The summed E-state index contributed by atoms with van der Waals surface area (Å²) in [4.78, 5) is 0. The van der Waals surface area contributed by atoms with Crippen molar-refractivity contribution >= 4 is 0 Å². The van der Waals surface area contributed by atoms with Gasteiger partial charge in [0.1, 0.15) is 11.6 Å². The van der Waals surface area contributed by atoms with Gasteiger partial charge in [-0.1, -0.05) is 26.8 Å². The minimum Gasteiger partial charge on any atom is -0.308 e. The number of hydrogen-bond donors (Lipinski definition) is 1. The Balaban J connectivity index is 2.91. The monoisotopic (exact) mass is 213 g/mol. The predicted octanol–water partition coefficient (Wildman–Crippen LogP) is 3.41. The highest BCUT2D eigenvalue weighted by molar-refractivity contribution is 5.22. The minimum atomic E-state index is -0.532. The SMILES string of the molecule is CCC(NC(C)C)c1ccc(F)cc1F. The molecule has 1 aromatic rings. The van der Waals surface area contributed by atoms with Gasteiger partial charge >= 0.3 is 0 Å². The maximum absolute atomic E-state index is 13.5. The van der Waals surface area contributed by atoms with Gasteiger partial charge in [-0.2, -0.15) is 0 Å². The summed E-state index contributed by atoms with van der Waals surface area (Å²) in [5, 5.41) is 3.24. The summed E-state index contributed by atoms with van der Waals surface area (Å²) in [6.45, 7) is 5.98. The standard InChI is InChI=1S/C12H17F2N/c1-4-12(15-8(2)3)10-6-5-9(13)7-11(10)14/h5-8,12,15H,4H2,1-3H3. The van der Waals surface area contributed by atoms with E-state index in [1.165, 1.54) is 12.1 Å². The summed E-state index contributed by atoms with van der Waals surface area (Å²) >= 11 is 0. The van der Waals surface area contributed by atoms with Crippen molar-refractivity contribution in [3.63, 3.8) is 0 Å². The fourth-order valence-corrected chi connectivity index (χ4v) is 1.61. The predicted molar refractivity (Wildman–Crippen MR) is 57.7 cm³/mol. The Kier molecular flexibility index (Phi) is 4.21. The quantitative estimate of drug-likeness (QED) is 0.808. The lowest BCUT2D eigenvalue weighted by atomic mass is 10.0. The Bertz CT molecular complexity index is 323. The molecule has 0 heterocycles. The van der Waals surface area contributed by atoms with Gasteiger partial charge in [0.25, 0.3) is 0 Å². The van der Waals surface area contributed by atoms with Crippen LogP contribution in [-0.4, -0.2) is 6.04 Å². The fraction of sp³-hybridized carbons (Fsp3) is 0.500. The average Bonchev–Trinajstić information content (AvgIpc) is 2.14. The Morgan fingerprint density at radius 3 is 2.40 bits per heavy atom. The van der Waals surface area contributed by atoms with Crippen LogP contribution in [0.25, 0.3) is 0 Å². The summed E-state index contributed by atoms with van der Waals surface area (Å²) in [5.74, 6) is -1.01. The van der Waals surface area contributed by atoms with Crippen molar-refractivity contribution in [1.82, 2.24) is 5.32 Å². The van der Waals surface area contributed by atoms with E-state index in [2.05, 4.69) is 5.32 Å². The van der Waals surface area contributed by atoms with Crippen molar-refractivity contribution in [2.75, 3.05) is 0 Å². The number of halogens is 2. The normalized spacial score (nSPS) is 13.2. The van der Waals surface area contributed by atoms with Crippen molar-refractivity contribution in [2.24, 2.45) is 0 Å². The van der Waals surface area contributed by atoms with E-state index in [1.54, 1.807) is 0 Å². The van der Waals surface area contributed by atoms with Crippen molar-refractivity contribution < 1.29 is 8.78 Å². The molecule has 1 nitrogen and oxygen atoms in total. The lowest BCUT2D eigenvalue weighted by Gasteiger charge is -2.20. The molecule has 3 heteroatoms. The van der Waals surface area contributed by atoms with Crippen molar-refractivity contribution in [2.45, 2.75) is 39.3 Å². The van der Waals surface area contributed by atoms with E-state index < -0.39 is 11.6 Å². The third-order valence-corrected chi connectivity index (χ3v) is 2.28. The van der Waals surface area contributed by atoms with Crippen molar-refractivity contribution in [1.29, 1.82) is 0 Å². The van der Waals surface area contributed by atoms with Gasteiger partial charge in [0.2, 0.25) is 0 Å². The lowest BCUT2D eigenvalue weighted by Crippen LogP contribution is -2.28. The molecule has 0 fully saturated rings. The summed E-state index contributed by atoms with van der Waals surface area (Å²) < 4.78 is 26.2. The van der Waals surface area contributed by atoms with Gasteiger partial charge in [-0.3, -0.25) is 0 Å². The number of hydrogen-bond acceptors (Lipinski definition) is 1. The zero-order valence-electron chi connectivity index (χ0n) is 9.35. The highest BCUT2D eigenvalue weighted by Crippen LogP contribution is 2.21. The summed E-state index contributed by atoms with van der Waals surface area (Å²) in [6, 6.07) is 3.96. The van der Waals surface area contributed by atoms with Crippen LogP contribution in [0.4, 0.5) is 8.78 Å². The third kappa shape index (κ3) is 3.27. The highest BCUT2D eigenvalue weighted by atomic mass is 19.1. The van der Waals surface area contributed by atoms with Gasteiger partial charge in [0, 0.05) is 23.7 Å². The van der Waals surface area contributed by atoms with Gasteiger partial charge < -0.3 is 5.32 Å². The van der Waals surface area contributed by atoms with Crippen LogP contribution in [0.5, 0.6) is 0 Å². The van der Waals surface area contributed by atoms with E-state index in [4.69, 9.17) is 0 Å². The molecule has 0 aromatic heterocycles. The smallest absolute Gasteiger partial charge is 0.130 e. The van der Waals surface area contributed by atoms with Gasteiger partial charge in [-0.05, 0) is 12.5 Å². The summed E-state index contributed by atoms with van der Waals surface area (Å²) in [7, 11) is 0. The van der Waals surface area contributed by atoms with E-state index in [-0.39, 0.29) is 12.1 Å². The number of nitrogens with one attached hydrogen (secondary N) is 1. The zero-order chi connectivity index (χ0) is 11.4.